The minimum atomic E-state index is -0.452. The first-order chi connectivity index (χ1) is 13.1. The highest BCUT2D eigenvalue weighted by molar-refractivity contribution is 5.79. The Bertz CT molecular complexity index is 632. The largest absolute Gasteiger partial charge is 0.394 e. The number of ether oxygens (including phenoxy) is 1. The van der Waals surface area contributed by atoms with Crippen molar-refractivity contribution >= 4 is 11.8 Å². The van der Waals surface area contributed by atoms with Gasteiger partial charge in [0.25, 0.3) is 0 Å². The number of carbonyl (C=O) groups is 2. The van der Waals surface area contributed by atoms with Crippen LogP contribution in [-0.4, -0.2) is 41.8 Å². The summed E-state index contributed by atoms with van der Waals surface area (Å²) < 4.78 is 5.91. The lowest BCUT2D eigenvalue weighted by atomic mass is 9.84. The average molecular weight is 374 g/mol. The van der Waals surface area contributed by atoms with E-state index in [2.05, 4.69) is 10.6 Å². The van der Waals surface area contributed by atoms with Crippen molar-refractivity contribution in [1.29, 1.82) is 0 Å². The van der Waals surface area contributed by atoms with Crippen LogP contribution in [0.3, 0.4) is 0 Å². The van der Waals surface area contributed by atoms with E-state index in [9.17, 15) is 14.7 Å². The number of aliphatic hydroxyl groups is 1. The highest BCUT2D eigenvalue weighted by atomic mass is 16.5. The van der Waals surface area contributed by atoms with E-state index in [0.29, 0.717) is 6.42 Å². The molecule has 0 aromatic heterocycles. The summed E-state index contributed by atoms with van der Waals surface area (Å²) in [5, 5.41) is 15.7. The predicted octanol–water partition coefficient (Wildman–Crippen LogP) is 2.08. The van der Waals surface area contributed by atoms with Crippen molar-refractivity contribution in [2.75, 3.05) is 6.61 Å². The standard InChI is InChI=1S/C21H30N2O4/c1-14(15-6-3-2-4-7-15)22-20(25)12-17-10-11-18(19(13-24)27-17)23-21(26)16-8-5-9-16/h2-4,6-7,14,16-19,24H,5,8-13H2,1H3,(H,22,25)(H,23,26)/t14-,17-,18-,19+/m0/s1. The summed E-state index contributed by atoms with van der Waals surface area (Å²) in [7, 11) is 0. The van der Waals surface area contributed by atoms with Gasteiger partial charge in [0, 0.05) is 5.92 Å². The average Bonchev–Trinajstić information content (AvgIpc) is 2.62. The van der Waals surface area contributed by atoms with E-state index in [1.807, 2.05) is 37.3 Å². The van der Waals surface area contributed by atoms with Crippen molar-refractivity contribution in [3.05, 3.63) is 35.9 Å². The van der Waals surface area contributed by atoms with Crippen LogP contribution in [0.2, 0.25) is 0 Å². The lowest BCUT2D eigenvalue weighted by molar-refractivity contribution is -0.139. The quantitative estimate of drug-likeness (QED) is 0.682. The smallest absolute Gasteiger partial charge is 0.223 e. The molecule has 0 spiro atoms. The minimum Gasteiger partial charge on any atom is -0.394 e. The molecule has 1 aliphatic carbocycles. The second kappa shape index (κ2) is 9.33. The van der Waals surface area contributed by atoms with E-state index in [1.54, 1.807) is 0 Å². The van der Waals surface area contributed by atoms with Crippen molar-refractivity contribution in [2.45, 2.75) is 69.7 Å². The molecule has 0 bridgehead atoms. The molecule has 0 unspecified atom stereocenters. The Morgan fingerprint density at radius 3 is 2.56 bits per heavy atom. The fraction of sp³-hybridized carbons (Fsp3) is 0.619. The summed E-state index contributed by atoms with van der Waals surface area (Å²) in [6.07, 6.45) is 4.00. The van der Waals surface area contributed by atoms with Gasteiger partial charge in [-0.2, -0.15) is 0 Å². The number of benzene rings is 1. The first-order valence-electron chi connectivity index (χ1n) is 9.97. The topological polar surface area (TPSA) is 87.7 Å². The van der Waals surface area contributed by atoms with Crippen molar-refractivity contribution in [3.63, 3.8) is 0 Å². The van der Waals surface area contributed by atoms with Gasteiger partial charge in [-0.25, -0.2) is 0 Å². The van der Waals surface area contributed by atoms with Gasteiger partial charge in [0.05, 0.1) is 31.2 Å². The van der Waals surface area contributed by atoms with Gasteiger partial charge in [0.1, 0.15) is 6.10 Å². The highest BCUT2D eigenvalue weighted by Crippen LogP contribution is 2.28. The van der Waals surface area contributed by atoms with E-state index >= 15 is 0 Å². The molecule has 1 aromatic rings. The summed E-state index contributed by atoms with van der Waals surface area (Å²) in [5.74, 6) is 0.124. The summed E-state index contributed by atoms with van der Waals surface area (Å²) in [5.41, 5.74) is 1.06. The van der Waals surface area contributed by atoms with Gasteiger partial charge in [0.15, 0.2) is 0 Å². The predicted molar refractivity (Wildman–Crippen MR) is 102 cm³/mol. The van der Waals surface area contributed by atoms with Crippen LogP contribution in [0.1, 0.15) is 57.1 Å². The fourth-order valence-corrected chi connectivity index (χ4v) is 3.75. The molecule has 1 heterocycles. The number of aliphatic hydroxyl groups excluding tert-OH is 1. The third kappa shape index (κ3) is 5.30. The molecule has 4 atom stereocenters. The Labute approximate surface area is 160 Å². The molecule has 6 nitrogen and oxygen atoms in total. The molecule has 27 heavy (non-hydrogen) atoms. The molecule has 6 heteroatoms. The molecule has 1 aliphatic heterocycles. The zero-order valence-electron chi connectivity index (χ0n) is 15.9. The van der Waals surface area contributed by atoms with Gasteiger partial charge < -0.3 is 20.5 Å². The number of amides is 2. The van der Waals surface area contributed by atoms with Crippen molar-refractivity contribution in [3.8, 4) is 0 Å². The molecule has 2 amide bonds. The van der Waals surface area contributed by atoms with Crippen LogP contribution in [0.25, 0.3) is 0 Å². The lowest BCUT2D eigenvalue weighted by Crippen LogP contribution is -2.53. The van der Waals surface area contributed by atoms with Crippen molar-refractivity contribution in [1.82, 2.24) is 10.6 Å². The maximum atomic E-state index is 12.4. The molecule has 1 saturated carbocycles. The Kier molecular flexibility index (Phi) is 6.85. The van der Waals surface area contributed by atoms with E-state index in [0.717, 1.165) is 31.2 Å². The van der Waals surface area contributed by atoms with Gasteiger partial charge in [0.2, 0.25) is 11.8 Å². The minimum absolute atomic E-state index is 0.0644. The molecule has 1 saturated heterocycles. The molecular formula is C21H30N2O4. The van der Waals surface area contributed by atoms with Crippen LogP contribution in [0.5, 0.6) is 0 Å². The molecule has 1 aromatic carbocycles. The Balaban J connectivity index is 1.46. The number of hydrogen-bond donors (Lipinski definition) is 3. The highest BCUT2D eigenvalue weighted by Gasteiger charge is 2.35. The van der Waals surface area contributed by atoms with Crippen LogP contribution >= 0.6 is 0 Å². The SMILES string of the molecule is C[C@H](NC(=O)C[C@@H]1CC[C@H](NC(=O)C2CCC2)[C@@H](CO)O1)c1ccccc1. The number of rotatable bonds is 7. The lowest BCUT2D eigenvalue weighted by Gasteiger charge is -2.37. The Hall–Kier alpha value is -1.92. The number of nitrogens with one attached hydrogen (secondary N) is 2. The molecular weight excluding hydrogens is 344 g/mol. The molecule has 3 N–H and O–H groups in total. The summed E-state index contributed by atoms with van der Waals surface area (Å²) in [4.78, 5) is 24.5. The third-order valence-electron chi connectivity index (χ3n) is 5.69. The summed E-state index contributed by atoms with van der Waals surface area (Å²) in [6.45, 7) is 1.80. The molecule has 148 valence electrons. The molecule has 0 radical (unpaired) electrons. The van der Waals surface area contributed by atoms with Gasteiger partial charge >= 0.3 is 0 Å². The molecule has 3 rings (SSSR count). The maximum Gasteiger partial charge on any atom is 0.223 e. The zero-order chi connectivity index (χ0) is 19.2. The second-order valence-electron chi connectivity index (χ2n) is 7.70. The first kappa shape index (κ1) is 19.8. The monoisotopic (exact) mass is 374 g/mol. The summed E-state index contributed by atoms with van der Waals surface area (Å²) in [6, 6.07) is 9.58. The summed E-state index contributed by atoms with van der Waals surface area (Å²) >= 11 is 0. The fourth-order valence-electron chi connectivity index (χ4n) is 3.75. The number of hydrogen-bond acceptors (Lipinski definition) is 4. The molecule has 2 fully saturated rings. The van der Waals surface area contributed by atoms with Crippen LogP contribution in [0.15, 0.2) is 30.3 Å². The first-order valence-corrected chi connectivity index (χ1v) is 9.97. The van der Waals surface area contributed by atoms with Crippen LogP contribution < -0.4 is 10.6 Å². The maximum absolute atomic E-state index is 12.4. The van der Waals surface area contributed by atoms with Gasteiger partial charge in [-0.1, -0.05) is 36.8 Å². The Morgan fingerprint density at radius 2 is 1.93 bits per heavy atom. The number of carbonyl (C=O) groups excluding carboxylic acids is 2. The van der Waals surface area contributed by atoms with Crippen LogP contribution in [-0.2, 0) is 14.3 Å². The zero-order valence-corrected chi connectivity index (χ0v) is 15.9. The molecule has 2 aliphatic rings. The van der Waals surface area contributed by atoms with Crippen molar-refractivity contribution < 1.29 is 19.4 Å². The van der Waals surface area contributed by atoms with Crippen LogP contribution in [0.4, 0.5) is 0 Å². The van der Waals surface area contributed by atoms with Crippen molar-refractivity contribution in [2.24, 2.45) is 5.92 Å². The van der Waals surface area contributed by atoms with E-state index in [1.165, 1.54) is 0 Å². The van der Waals surface area contributed by atoms with Gasteiger partial charge in [-0.05, 0) is 38.2 Å². The third-order valence-corrected chi connectivity index (χ3v) is 5.69. The van der Waals surface area contributed by atoms with Crippen LogP contribution in [0, 0.1) is 5.92 Å². The Morgan fingerprint density at radius 1 is 1.19 bits per heavy atom. The van der Waals surface area contributed by atoms with Gasteiger partial charge in [-0.3, -0.25) is 9.59 Å². The van der Waals surface area contributed by atoms with E-state index in [-0.39, 0.29) is 48.9 Å². The normalized spacial score (nSPS) is 26.7. The van der Waals surface area contributed by atoms with E-state index in [4.69, 9.17) is 4.74 Å². The van der Waals surface area contributed by atoms with E-state index < -0.39 is 6.10 Å². The van der Waals surface area contributed by atoms with Gasteiger partial charge in [-0.15, -0.1) is 0 Å². The second-order valence-corrected chi connectivity index (χ2v) is 7.70.